The Labute approximate surface area is 144 Å². The maximum Gasteiger partial charge on any atom is 0.248 e. The number of carbonyl (C=O) groups is 1. The first-order chi connectivity index (χ1) is 11.3. The lowest BCUT2D eigenvalue weighted by Gasteiger charge is -2.29. The smallest absolute Gasteiger partial charge is 0.248 e. The predicted octanol–water partition coefficient (Wildman–Crippen LogP) is 2.08. The SMILES string of the molecule is CC(C)S(=O)(=O)NC1CCC(CNc2cccc(C(N)=O)c2)CC1. The number of nitrogens with one attached hydrogen (secondary N) is 2. The second-order valence-corrected chi connectivity index (χ2v) is 9.02. The van der Waals surface area contributed by atoms with Crippen LogP contribution >= 0.6 is 0 Å². The summed E-state index contributed by atoms with van der Waals surface area (Å²) in [6, 6.07) is 7.21. The Morgan fingerprint density at radius 2 is 1.92 bits per heavy atom. The van der Waals surface area contributed by atoms with Crippen molar-refractivity contribution in [2.45, 2.75) is 50.8 Å². The molecule has 1 saturated carbocycles. The van der Waals surface area contributed by atoms with E-state index in [4.69, 9.17) is 5.73 Å². The van der Waals surface area contributed by atoms with E-state index >= 15 is 0 Å². The third-order valence-electron chi connectivity index (χ3n) is 4.54. The zero-order valence-corrected chi connectivity index (χ0v) is 15.1. The molecule has 1 amide bonds. The lowest BCUT2D eigenvalue weighted by atomic mass is 9.86. The van der Waals surface area contributed by atoms with Crippen LogP contribution in [0.3, 0.4) is 0 Å². The van der Waals surface area contributed by atoms with Crippen LogP contribution in [0.5, 0.6) is 0 Å². The lowest BCUT2D eigenvalue weighted by Crippen LogP contribution is -2.41. The summed E-state index contributed by atoms with van der Waals surface area (Å²) in [5.74, 6) is 0.0682. The van der Waals surface area contributed by atoms with Gasteiger partial charge in [-0.2, -0.15) is 0 Å². The molecular weight excluding hydrogens is 326 g/mol. The van der Waals surface area contributed by atoms with Crippen molar-refractivity contribution in [2.24, 2.45) is 11.7 Å². The molecule has 6 nitrogen and oxygen atoms in total. The van der Waals surface area contributed by atoms with Crippen LogP contribution in [0.2, 0.25) is 0 Å². The Balaban J connectivity index is 1.79. The fourth-order valence-electron chi connectivity index (χ4n) is 2.90. The van der Waals surface area contributed by atoms with Crippen LogP contribution in [-0.4, -0.2) is 32.2 Å². The molecule has 0 radical (unpaired) electrons. The van der Waals surface area contributed by atoms with Gasteiger partial charge in [-0.1, -0.05) is 6.07 Å². The van der Waals surface area contributed by atoms with Gasteiger partial charge in [0.15, 0.2) is 0 Å². The molecule has 24 heavy (non-hydrogen) atoms. The zero-order valence-electron chi connectivity index (χ0n) is 14.3. The molecule has 0 spiro atoms. The first-order valence-corrected chi connectivity index (χ1v) is 9.97. The van der Waals surface area contributed by atoms with Gasteiger partial charge in [0, 0.05) is 23.8 Å². The summed E-state index contributed by atoms with van der Waals surface area (Å²) in [5.41, 5.74) is 6.66. The molecule has 0 bridgehead atoms. The Kier molecular flexibility index (Phi) is 6.23. The minimum Gasteiger partial charge on any atom is -0.385 e. The Morgan fingerprint density at radius 3 is 2.50 bits per heavy atom. The number of nitrogens with two attached hydrogens (primary N) is 1. The topological polar surface area (TPSA) is 101 Å². The summed E-state index contributed by atoms with van der Waals surface area (Å²) >= 11 is 0. The normalized spacial score (nSPS) is 21.6. The molecule has 1 aromatic carbocycles. The zero-order chi connectivity index (χ0) is 17.7. The van der Waals surface area contributed by atoms with Gasteiger partial charge >= 0.3 is 0 Å². The number of primary amides is 1. The molecule has 134 valence electrons. The standard InChI is InChI=1S/C17H27N3O3S/c1-12(2)24(22,23)20-15-8-6-13(7-9-15)11-19-16-5-3-4-14(10-16)17(18)21/h3-5,10,12-13,15,19-20H,6-9,11H2,1-2H3,(H2,18,21). The molecule has 0 atom stereocenters. The fourth-order valence-corrected chi connectivity index (χ4v) is 3.87. The maximum absolute atomic E-state index is 11.9. The van der Waals surface area contributed by atoms with Gasteiger partial charge in [-0.15, -0.1) is 0 Å². The van der Waals surface area contributed by atoms with Crippen molar-refractivity contribution in [1.29, 1.82) is 0 Å². The molecule has 0 heterocycles. The summed E-state index contributed by atoms with van der Waals surface area (Å²) in [5, 5.41) is 2.95. The van der Waals surface area contributed by atoms with Crippen molar-refractivity contribution in [1.82, 2.24) is 4.72 Å². The number of carbonyl (C=O) groups excluding carboxylic acids is 1. The van der Waals surface area contributed by atoms with E-state index in [0.29, 0.717) is 11.5 Å². The average Bonchev–Trinajstić information content (AvgIpc) is 2.54. The van der Waals surface area contributed by atoms with E-state index in [1.807, 2.05) is 6.07 Å². The highest BCUT2D eigenvalue weighted by atomic mass is 32.2. The van der Waals surface area contributed by atoms with Crippen LogP contribution < -0.4 is 15.8 Å². The first-order valence-electron chi connectivity index (χ1n) is 8.43. The molecule has 0 saturated heterocycles. The van der Waals surface area contributed by atoms with Crippen molar-refractivity contribution in [3.8, 4) is 0 Å². The van der Waals surface area contributed by atoms with Crippen LogP contribution in [0.4, 0.5) is 5.69 Å². The van der Waals surface area contributed by atoms with E-state index in [9.17, 15) is 13.2 Å². The summed E-state index contributed by atoms with van der Waals surface area (Å²) in [4.78, 5) is 11.2. The molecule has 2 rings (SSSR count). The van der Waals surface area contributed by atoms with Crippen LogP contribution in [0.25, 0.3) is 0 Å². The van der Waals surface area contributed by atoms with Crippen molar-refractivity contribution in [3.63, 3.8) is 0 Å². The van der Waals surface area contributed by atoms with E-state index in [1.54, 1.807) is 32.0 Å². The monoisotopic (exact) mass is 353 g/mol. The summed E-state index contributed by atoms with van der Waals surface area (Å²) < 4.78 is 26.6. The third kappa shape index (κ3) is 5.21. The molecule has 0 aromatic heterocycles. The minimum atomic E-state index is -3.19. The van der Waals surface area contributed by atoms with E-state index in [0.717, 1.165) is 37.9 Å². The molecule has 0 aliphatic heterocycles. The minimum absolute atomic E-state index is 0.0480. The molecule has 4 N–H and O–H groups in total. The van der Waals surface area contributed by atoms with Crippen LogP contribution in [0.15, 0.2) is 24.3 Å². The predicted molar refractivity (Wildman–Crippen MR) is 96.4 cm³/mol. The second-order valence-electron chi connectivity index (χ2n) is 6.76. The Bertz CT molecular complexity index is 665. The van der Waals surface area contributed by atoms with Gasteiger partial charge < -0.3 is 11.1 Å². The van der Waals surface area contributed by atoms with E-state index < -0.39 is 21.2 Å². The summed E-state index contributed by atoms with van der Waals surface area (Å²) in [7, 11) is -3.19. The van der Waals surface area contributed by atoms with Crippen molar-refractivity contribution in [3.05, 3.63) is 29.8 Å². The van der Waals surface area contributed by atoms with Crippen molar-refractivity contribution in [2.75, 3.05) is 11.9 Å². The summed E-state index contributed by atoms with van der Waals surface area (Å²) in [6.45, 7) is 4.20. The van der Waals surface area contributed by atoms with Crippen molar-refractivity contribution < 1.29 is 13.2 Å². The number of rotatable bonds is 7. The number of hydrogen-bond acceptors (Lipinski definition) is 4. The van der Waals surface area contributed by atoms with E-state index in [1.165, 1.54) is 0 Å². The van der Waals surface area contributed by atoms with Gasteiger partial charge in [-0.05, 0) is 63.6 Å². The van der Waals surface area contributed by atoms with E-state index in [2.05, 4.69) is 10.0 Å². The van der Waals surface area contributed by atoms with Gasteiger partial charge in [-0.25, -0.2) is 13.1 Å². The molecule has 1 aliphatic carbocycles. The number of hydrogen-bond donors (Lipinski definition) is 3. The largest absolute Gasteiger partial charge is 0.385 e. The molecule has 1 aliphatic rings. The molecule has 1 aromatic rings. The Hall–Kier alpha value is -1.60. The van der Waals surface area contributed by atoms with E-state index in [-0.39, 0.29) is 6.04 Å². The maximum atomic E-state index is 11.9. The molecule has 1 fully saturated rings. The second kappa shape index (κ2) is 7.98. The number of anilines is 1. The van der Waals surface area contributed by atoms with Gasteiger partial charge in [0.1, 0.15) is 0 Å². The third-order valence-corrected chi connectivity index (χ3v) is 6.44. The van der Waals surface area contributed by atoms with Gasteiger partial charge in [-0.3, -0.25) is 4.79 Å². The highest BCUT2D eigenvalue weighted by Crippen LogP contribution is 2.25. The Morgan fingerprint density at radius 1 is 1.25 bits per heavy atom. The fraction of sp³-hybridized carbons (Fsp3) is 0.588. The molecule has 7 heteroatoms. The molecule has 0 unspecified atom stereocenters. The molecular formula is C17H27N3O3S. The van der Waals surface area contributed by atoms with Gasteiger partial charge in [0.2, 0.25) is 15.9 Å². The van der Waals surface area contributed by atoms with Crippen molar-refractivity contribution >= 4 is 21.6 Å². The quantitative estimate of drug-likeness (QED) is 0.698. The number of amides is 1. The average molecular weight is 353 g/mol. The highest BCUT2D eigenvalue weighted by molar-refractivity contribution is 7.90. The van der Waals surface area contributed by atoms with Gasteiger partial charge in [0.25, 0.3) is 0 Å². The number of sulfonamides is 1. The highest BCUT2D eigenvalue weighted by Gasteiger charge is 2.26. The van der Waals surface area contributed by atoms with Crippen LogP contribution in [0.1, 0.15) is 49.9 Å². The first kappa shape index (κ1) is 18.7. The van der Waals surface area contributed by atoms with Crippen LogP contribution in [0, 0.1) is 5.92 Å². The van der Waals surface area contributed by atoms with Crippen LogP contribution in [-0.2, 0) is 10.0 Å². The summed E-state index contributed by atoms with van der Waals surface area (Å²) in [6.07, 6.45) is 3.68. The van der Waals surface area contributed by atoms with Gasteiger partial charge in [0.05, 0.1) is 5.25 Å². The number of benzene rings is 1. The lowest BCUT2D eigenvalue weighted by molar-refractivity contribution is 0.100.